The molecule has 9 heteroatoms. The van der Waals surface area contributed by atoms with Crippen LogP contribution in [-0.4, -0.2) is 68.0 Å². The molecular formula is C22H27N5O4. The SMILES string of the molecule is NCCN1CCC(=C2c3ccccc3CCn3ncnc32)CC1.O=C(O)C=CC(=O)O. The smallest absolute Gasteiger partial charge is 0.328 e. The van der Waals surface area contributed by atoms with E-state index in [9.17, 15) is 9.59 Å². The standard InChI is InChI=1S/C18H23N5.C4H4O4/c19-8-12-22-9-5-15(6-10-22)17-16-4-2-1-3-14(16)7-11-23-18(17)20-13-21-23;5-3(6)1-2-4(7)8/h1-4,13H,5-12,19H2;1-2H,(H,5,6)(H,7,8). The van der Waals surface area contributed by atoms with Crippen molar-refractivity contribution >= 4 is 17.5 Å². The van der Waals surface area contributed by atoms with Crippen molar-refractivity contribution in [1.29, 1.82) is 0 Å². The third-order valence-corrected chi connectivity index (χ3v) is 5.35. The number of aliphatic carboxylic acids is 2. The summed E-state index contributed by atoms with van der Waals surface area (Å²) in [7, 11) is 0. The molecule has 1 saturated heterocycles. The van der Waals surface area contributed by atoms with Crippen LogP contribution in [0, 0.1) is 0 Å². The largest absolute Gasteiger partial charge is 0.478 e. The number of hydrogen-bond donors (Lipinski definition) is 3. The number of aromatic nitrogens is 3. The summed E-state index contributed by atoms with van der Waals surface area (Å²) in [5.74, 6) is -1.47. The highest BCUT2D eigenvalue weighted by Crippen LogP contribution is 2.35. The number of nitrogens with two attached hydrogens (primary N) is 1. The summed E-state index contributed by atoms with van der Waals surface area (Å²) in [6.07, 6.45) is 6.01. The van der Waals surface area contributed by atoms with Crippen LogP contribution in [0.4, 0.5) is 0 Å². The molecule has 0 radical (unpaired) electrons. The molecule has 0 aliphatic carbocycles. The topological polar surface area (TPSA) is 135 Å². The zero-order chi connectivity index (χ0) is 22.2. The zero-order valence-electron chi connectivity index (χ0n) is 17.3. The normalized spacial score (nSPS) is 16.2. The predicted octanol–water partition coefficient (Wildman–Crippen LogP) is 1.40. The first-order chi connectivity index (χ1) is 15.0. The maximum absolute atomic E-state index is 9.55. The third kappa shape index (κ3) is 5.87. The van der Waals surface area contributed by atoms with Crippen LogP contribution in [0.3, 0.4) is 0 Å². The van der Waals surface area contributed by atoms with Gasteiger partial charge in [-0.15, -0.1) is 0 Å². The van der Waals surface area contributed by atoms with Crippen LogP contribution in [0.25, 0.3) is 5.57 Å². The summed E-state index contributed by atoms with van der Waals surface area (Å²) in [4.78, 5) is 26.2. The quantitative estimate of drug-likeness (QED) is 0.626. The van der Waals surface area contributed by atoms with Crippen LogP contribution in [0.1, 0.15) is 29.8 Å². The maximum Gasteiger partial charge on any atom is 0.328 e. The summed E-state index contributed by atoms with van der Waals surface area (Å²) in [5, 5.41) is 20.1. The van der Waals surface area contributed by atoms with E-state index in [2.05, 4.69) is 43.9 Å². The Kier molecular flexibility index (Phi) is 7.69. The predicted molar refractivity (Wildman–Crippen MR) is 115 cm³/mol. The van der Waals surface area contributed by atoms with Crippen LogP contribution >= 0.6 is 0 Å². The Morgan fingerprint density at radius 2 is 1.71 bits per heavy atom. The fourth-order valence-corrected chi connectivity index (χ4v) is 3.92. The fourth-order valence-electron chi connectivity index (χ4n) is 3.92. The Morgan fingerprint density at radius 1 is 1.03 bits per heavy atom. The molecule has 1 aromatic heterocycles. The second kappa shape index (κ2) is 10.6. The minimum Gasteiger partial charge on any atom is -0.478 e. The van der Waals surface area contributed by atoms with Crippen LogP contribution < -0.4 is 5.73 Å². The van der Waals surface area contributed by atoms with E-state index in [1.807, 2.05) is 0 Å². The van der Waals surface area contributed by atoms with Crippen molar-refractivity contribution in [2.24, 2.45) is 5.73 Å². The number of likely N-dealkylation sites (tertiary alicyclic amines) is 1. The Hall–Kier alpha value is -3.30. The van der Waals surface area contributed by atoms with Crippen molar-refractivity contribution < 1.29 is 19.8 Å². The van der Waals surface area contributed by atoms with E-state index in [1.54, 1.807) is 6.33 Å². The molecule has 3 heterocycles. The van der Waals surface area contributed by atoms with E-state index >= 15 is 0 Å². The summed E-state index contributed by atoms with van der Waals surface area (Å²) in [5.41, 5.74) is 11.3. The molecule has 31 heavy (non-hydrogen) atoms. The Morgan fingerprint density at radius 3 is 2.35 bits per heavy atom. The molecule has 2 aliphatic rings. The molecule has 9 nitrogen and oxygen atoms in total. The van der Waals surface area contributed by atoms with Crippen molar-refractivity contribution in [2.45, 2.75) is 25.8 Å². The lowest BCUT2D eigenvalue weighted by Crippen LogP contribution is -2.35. The number of carboxylic acids is 2. The first-order valence-corrected chi connectivity index (χ1v) is 10.2. The first kappa shape index (κ1) is 22.4. The summed E-state index contributed by atoms with van der Waals surface area (Å²) < 4.78 is 2.06. The van der Waals surface area contributed by atoms with Crippen molar-refractivity contribution in [1.82, 2.24) is 19.7 Å². The van der Waals surface area contributed by atoms with Gasteiger partial charge in [0, 0.05) is 50.4 Å². The average molecular weight is 425 g/mol. The van der Waals surface area contributed by atoms with Crippen molar-refractivity contribution in [3.63, 3.8) is 0 Å². The third-order valence-electron chi connectivity index (χ3n) is 5.35. The van der Waals surface area contributed by atoms with Crippen molar-refractivity contribution in [2.75, 3.05) is 26.2 Å². The van der Waals surface area contributed by atoms with Gasteiger partial charge in [-0.3, -0.25) is 0 Å². The van der Waals surface area contributed by atoms with Gasteiger partial charge in [-0.1, -0.05) is 29.8 Å². The molecule has 1 aromatic carbocycles. The van der Waals surface area contributed by atoms with Gasteiger partial charge in [-0.2, -0.15) is 5.10 Å². The van der Waals surface area contributed by atoms with E-state index < -0.39 is 11.9 Å². The van der Waals surface area contributed by atoms with Gasteiger partial charge in [0.2, 0.25) is 0 Å². The van der Waals surface area contributed by atoms with Gasteiger partial charge in [0.05, 0.1) is 0 Å². The number of nitrogens with zero attached hydrogens (tertiary/aromatic N) is 4. The molecule has 1 fully saturated rings. The second-order valence-corrected chi connectivity index (χ2v) is 7.33. The number of aryl methyl sites for hydroxylation is 2. The van der Waals surface area contributed by atoms with Gasteiger partial charge >= 0.3 is 11.9 Å². The molecule has 0 spiro atoms. The molecule has 0 atom stereocenters. The summed E-state index contributed by atoms with van der Waals surface area (Å²) >= 11 is 0. The van der Waals surface area contributed by atoms with Crippen molar-refractivity contribution in [3.8, 4) is 0 Å². The monoisotopic (exact) mass is 425 g/mol. The first-order valence-electron chi connectivity index (χ1n) is 10.2. The fraction of sp³-hybridized carbons (Fsp3) is 0.364. The lowest BCUT2D eigenvalue weighted by molar-refractivity contribution is -0.134. The van der Waals surface area contributed by atoms with Gasteiger partial charge in [-0.25, -0.2) is 19.3 Å². The van der Waals surface area contributed by atoms with E-state index in [0.29, 0.717) is 12.2 Å². The number of hydrogen-bond acceptors (Lipinski definition) is 6. The van der Waals surface area contributed by atoms with E-state index in [1.165, 1.54) is 22.3 Å². The average Bonchev–Trinajstić information content (AvgIpc) is 3.16. The number of carbonyl (C=O) groups is 2. The highest BCUT2D eigenvalue weighted by Gasteiger charge is 2.25. The molecule has 2 aliphatic heterocycles. The molecule has 0 amide bonds. The molecule has 0 bridgehead atoms. The lowest BCUT2D eigenvalue weighted by atomic mass is 9.90. The van der Waals surface area contributed by atoms with Crippen LogP contribution in [0.2, 0.25) is 0 Å². The Bertz CT molecular complexity index is 969. The molecule has 4 N–H and O–H groups in total. The maximum atomic E-state index is 9.55. The Labute approximate surface area is 180 Å². The van der Waals surface area contributed by atoms with Crippen LogP contribution in [0.5, 0.6) is 0 Å². The van der Waals surface area contributed by atoms with E-state index in [0.717, 1.165) is 57.8 Å². The molecule has 0 unspecified atom stereocenters. The van der Waals surface area contributed by atoms with Crippen molar-refractivity contribution in [3.05, 3.63) is 65.3 Å². The highest BCUT2D eigenvalue weighted by atomic mass is 16.4. The van der Waals surface area contributed by atoms with Gasteiger partial charge in [0.25, 0.3) is 0 Å². The Balaban J connectivity index is 0.000000293. The van der Waals surface area contributed by atoms with Gasteiger partial charge in [0.15, 0.2) is 5.82 Å². The summed E-state index contributed by atoms with van der Waals surface area (Å²) in [6, 6.07) is 8.75. The minimum atomic E-state index is -1.26. The minimum absolute atomic E-state index is 0.558. The molecule has 4 rings (SSSR count). The molecular weight excluding hydrogens is 398 g/mol. The van der Waals surface area contributed by atoms with Crippen LogP contribution in [0.15, 0.2) is 48.3 Å². The van der Waals surface area contributed by atoms with Gasteiger partial charge < -0.3 is 20.8 Å². The number of fused-ring (bicyclic) bond motifs is 2. The van der Waals surface area contributed by atoms with E-state index in [4.69, 9.17) is 15.9 Å². The van der Waals surface area contributed by atoms with Gasteiger partial charge in [-0.05, 0) is 30.4 Å². The number of carboxylic acid groups (broad SMARTS) is 2. The number of benzene rings is 1. The zero-order valence-corrected chi connectivity index (χ0v) is 17.3. The molecule has 2 aromatic rings. The number of rotatable bonds is 4. The second-order valence-electron chi connectivity index (χ2n) is 7.33. The molecule has 164 valence electrons. The lowest BCUT2D eigenvalue weighted by Gasteiger charge is -2.29. The van der Waals surface area contributed by atoms with Crippen LogP contribution in [-0.2, 0) is 22.6 Å². The number of piperidine rings is 1. The van der Waals surface area contributed by atoms with Gasteiger partial charge in [0.1, 0.15) is 6.33 Å². The summed E-state index contributed by atoms with van der Waals surface area (Å²) in [6.45, 7) is 4.82. The molecule has 0 saturated carbocycles. The highest BCUT2D eigenvalue weighted by molar-refractivity contribution is 5.89. The van der Waals surface area contributed by atoms with E-state index in [-0.39, 0.29) is 0 Å².